The summed E-state index contributed by atoms with van der Waals surface area (Å²) < 4.78 is 31.9. The van der Waals surface area contributed by atoms with Crippen molar-refractivity contribution in [2.45, 2.75) is 31.0 Å². The van der Waals surface area contributed by atoms with Crippen molar-refractivity contribution in [1.82, 2.24) is 4.31 Å². The van der Waals surface area contributed by atoms with Crippen molar-refractivity contribution >= 4 is 16.0 Å². The Kier molecular flexibility index (Phi) is 4.12. The minimum atomic E-state index is -3.61. The van der Waals surface area contributed by atoms with Gasteiger partial charge in [-0.2, -0.15) is 4.31 Å². The second-order valence-corrected chi connectivity index (χ2v) is 6.85. The lowest BCUT2D eigenvalue weighted by molar-refractivity contribution is -0.0440. The molecule has 2 atom stereocenters. The third-order valence-corrected chi connectivity index (χ3v) is 4.97. The molecule has 0 spiro atoms. The minimum Gasteiger partial charge on any atom is -0.478 e. The zero-order valence-corrected chi connectivity index (χ0v) is 12.1. The van der Waals surface area contributed by atoms with Gasteiger partial charge in [-0.3, -0.25) is 0 Å². The number of benzene rings is 1. The Morgan fingerprint density at radius 2 is 1.70 bits per heavy atom. The number of carboxylic acids is 1. The van der Waals surface area contributed by atoms with Crippen LogP contribution in [0.15, 0.2) is 29.2 Å². The molecule has 2 rings (SSSR count). The van der Waals surface area contributed by atoms with Gasteiger partial charge in [0.25, 0.3) is 0 Å². The van der Waals surface area contributed by atoms with E-state index in [0.29, 0.717) is 13.1 Å². The SMILES string of the molecule is C[C@@H]1CN(S(=O)(=O)c2ccc(C(=O)O)cc2)C[C@@H](C)O1. The van der Waals surface area contributed by atoms with E-state index in [-0.39, 0.29) is 22.7 Å². The van der Waals surface area contributed by atoms with Gasteiger partial charge in [-0.05, 0) is 38.1 Å². The van der Waals surface area contributed by atoms with Crippen LogP contribution in [0.3, 0.4) is 0 Å². The van der Waals surface area contributed by atoms with Crippen LogP contribution < -0.4 is 0 Å². The van der Waals surface area contributed by atoms with Gasteiger partial charge in [0, 0.05) is 13.1 Å². The quantitative estimate of drug-likeness (QED) is 0.906. The van der Waals surface area contributed by atoms with Gasteiger partial charge >= 0.3 is 5.97 Å². The van der Waals surface area contributed by atoms with Crippen molar-refractivity contribution in [2.24, 2.45) is 0 Å². The van der Waals surface area contributed by atoms with Crippen LogP contribution >= 0.6 is 0 Å². The summed E-state index contributed by atoms with van der Waals surface area (Å²) in [7, 11) is -3.61. The van der Waals surface area contributed by atoms with Crippen LogP contribution in [0.2, 0.25) is 0 Å². The molecule has 0 aliphatic carbocycles. The summed E-state index contributed by atoms with van der Waals surface area (Å²) in [6.45, 7) is 4.25. The molecule has 1 aliphatic rings. The zero-order valence-electron chi connectivity index (χ0n) is 11.3. The monoisotopic (exact) mass is 299 g/mol. The smallest absolute Gasteiger partial charge is 0.335 e. The summed E-state index contributed by atoms with van der Waals surface area (Å²) in [5.74, 6) is -1.08. The lowest BCUT2D eigenvalue weighted by atomic mass is 10.2. The van der Waals surface area contributed by atoms with Gasteiger partial charge in [-0.15, -0.1) is 0 Å². The fraction of sp³-hybridized carbons (Fsp3) is 0.462. The first-order valence-electron chi connectivity index (χ1n) is 6.29. The molecule has 1 aliphatic heterocycles. The van der Waals surface area contributed by atoms with Crippen molar-refractivity contribution in [3.63, 3.8) is 0 Å². The fourth-order valence-corrected chi connectivity index (χ4v) is 3.84. The van der Waals surface area contributed by atoms with Gasteiger partial charge in [0.15, 0.2) is 0 Å². The summed E-state index contributed by atoms with van der Waals surface area (Å²) in [4.78, 5) is 10.9. The Hall–Kier alpha value is -1.44. The predicted octanol–water partition coefficient (Wildman–Crippen LogP) is 1.18. The van der Waals surface area contributed by atoms with E-state index in [1.165, 1.54) is 28.6 Å². The predicted molar refractivity (Wildman–Crippen MR) is 72.2 cm³/mol. The molecule has 110 valence electrons. The molecule has 7 heteroatoms. The minimum absolute atomic E-state index is 0.0627. The number of carbonyl (C=O) groups is 1. The number of ether oxygens (including phenoxy) is 1. The van der Waals surface area contributed by atoms with Gasteiger partial charge in [0.2, 0.25) is 10.0 Å². The Balaban J connectivity index is 2.27. The van der Waals surface area contributed by atoms with Gasteiger partial charge in [0.1, 0.15) is 0 Å². The lowest BCUT2D eigenvalue weighted by Gasteiger charge is -2.34. The molecule has 6 nitrogen and oxygen atoms in total. The van der Waals surface area contributed by atoms with Gasteiger partial charge in [-0.1, -0.05) is 0 Å². The molecule has 0 unspecified atom stereocenters. The van der Waals surface area contributed by atoms with E-state index in [1.807, 2.05) is 13.8 Å². The Morgan fingerprint density at radius 3 is 2.15 bits per heavy atom. The summed E-state index contributed by atoms with van der Waals surface area (Å²) in [6.07, 6.45) is -0.321. The van der Waals surface area contributed by atoms with Crippen molar-refractivity contribution in [2.75, 3.05) is 13.1 Å². The standard InChI is InChI=1S/C13H17NO5S/c1-9-7-14(8-10(2)19-9)20(17,18)12-5-3-11(4-6-12)13(15)16/h3-6,9-10H,7-8H2,1-2H3,(H,15,16)/t9-,10-/m1/s1. The molecule has 0 radical (unpaired) electrons. The third-order valence-electron chi connectivity index (χ3n) is 3.13. The maximum absolute atomic E-state index is 12.5. The molecule has 1 heterocycles. The highest BCUT2D eigenvalue weighted by Gasteiger charge is 2.32. The largest absolute Gasteiger partial charge is 0.478 e. The summed E-state index contributed by atoms with van der Waals surface area (Å²) in [5.41, 5.74) is 0.0627. The van der Waals surface area contributed by atoms with E-state index in [9.17, 15) is 13.2 Å². The summed E-state index contributed by atoms with van der Waals surface area (Å²) in [5, 5.41) is 8.82. The van der Waals surface area contributed by atoms with Crippen LogP contribution in [-0.2, 0) is 14.8 Å². The molecular weight excluding hydrogens is 282 g/mol. The highest BCUT2D eigenvalue weighted by molar-refractivity contribution is 7.89. The molecule has 1 saturated heterocycles. The topological polar surface area (TPSA) is 83.9 Å². The summed E-state index contributed by atoms with van der Waals surface area (Å²) in [6, 6.07) is 5.23. The number of aromatic carboxylic acids is 1. The number of nitrogens with zero attached hydrogens (tertiary/aromatic N) is 1. The van der Waals surface area contributed by atoms with Gasteiger partial charge < -0.3 is 9.84 Å². The van der Waals surface area contributed by atoms with Crippen LogP contribution in [0.1, 0.15) is 24.2 Å². The number of sulfonamides is 1. The van der Waals surface area contributed by atoms with Crippen LogP contribution in [0, 0.1) is 0 Å². The first-order chi connectivity index (χ1) is 9.30. The molecule has 1 fully saturated rings. The molecule has 0 bridgehead atoms. The molecule has 0 aromatic heterocycles. The first-order valence-corrected chi connectivity index (χ1v) is 7.73. The second kappa shape index (κ2) is 5.51. The molecule has 0 saturated carbocycles. The van der Waals surface area contributed by atoms with Crippen LogP contribution in [0.5, 0.6) is 0 Å². The third kappa shape index (κ3) is 3.00. The fourth-order valence-electron chi connectivity index (χ4n) is 2.25. The number of hydrogen-bond acceptors (Lipinski definition) is 4. The molecular formula is C13H17NO5S. The average Bonchev–Trinajstić information content (AvgIpc) is 2.37. The average molecular weight is 299 g/mol. The van der Waals surface area contributed by atoms with Crippen molar-refractivity contribution < 1.29 is 23.1 Å². The van der Waals surface area contributed by atoms with Crippen molar-refractivity contribution in [3.05, 3.63) is 29.8 Å². The Labute approximate surface area is 118 Å². The number of morpholine rings is 1. The lowest BCUT2D eigenvalue weighted by Crippen LogP contribution is -2.48. The maximum atomic E-state index is 12.5. The van der Waals surface area contributed by atoms with E-state index >= 15 is 0 Å². The number of carboxylic acid groups (broad SMARTS) is 1. The van der Waals surface area contributed by atoms with Crippen LogP contribution in [0.25, 0.3) is 0 Å². The molecule has 20 heavy (non-hydrogen) atoms. The van der Waals surface area contributed by atoms with Crippen LogP contribution in [-0.4, -0.2) is 49.1 Å². The van der Waals surface area contributed by atoms with E-state index in [4.69, 9.17) is 9.84 Å². The highest BCUT2D eigenvalue weighted by Crippen LogP contribution is 2.21. The first kappa shape index (κ1) is 15.0. The highest BCUT2D eigenvalue weighted by atomic mass is 32.2. The maximum Gasteiger partial charge on any atom is 0.335 e. The van der Waals surface area contributed by atoms with E-state index in [0.717, 1.165) is 0 Å². The van der Waals surface area contributed by atoms with E-state index in [1.54, 1.807) is 0 Å². The van der Waals surface area contributed by atoms with Gasteiger partial charge in [-0.25, -0.2) is 13.2 Å². The number of hydrogen-bond donors (Lipinski definition) is 1. The van der Waals surface area contributed by atoms with E-state index < -0.39 is 16.0 Å². The van der Waals surface area contributed by atoms with Crippen LogP contribution in [0.4, 0.5) is 0 Å². The Morgan fingerprint density at radius 1 is 1.20 bits per heavy atom. The molecule has 0 amide bonds. The van der Waals surface area contributed by atoms with E-state index in [2.05, 4.69) is 0 Å². The normalized spacial score (nSPS) is 24.5. The molecule has 1 aromatic carbocycles. The van der Waals surface area contributed by atoms with Gasteiger partial charge in [0.05, 0.1) is 22.7 Å². The molecule has 1 N–H and O–H groups in total. The summed E-state index contributed by atoms with van der Waals surface area (Å²) >= 11 is 0. The molecule has 1 aromatic rings. The van der Waals surface area contributed by atoms with Crippen molar-refractivity contribution in [3.8, 4) is 0 Å². The van der Waals surface area contributed by atoms with Crippen molar-refractivity contribution in [1.29, 1.82) is 0 Å². The number of rotatable bonds is 3. The zero-order chi connectivity index (χ0) is 14.9. The Bertz CT molecular complexity index is 586. The second-order valence-electron chi connectivity index (χ2n) is 4.91.